The monoisotopic (exact) mass is 224 g/mol. The Morgan fingerprint density at radius 3 is 2.75 bits per heavy atom. The highest BCUT2D eigenvalue weighted by molar-refractivity contribution is 5.48. The molecule has 90 valence electrons. The largest absolute Gasteiger partial charge is 0.395 e. The number of likely N-dealkylation sites (N-methyl/N-ethyl adjacent to an activating group) is 1. The minimum atomic E-state index is 0.124. The molecule has 2 N–H and O–H groups in total. The van der Waals surface area contributed by atoms with E-state index >= 15 is 0 Å². The lowest BCUT2D eigenvalue weighted by Crippen LogP contribution is -2.23. The first-order valence-corrected chi connectivity index (χ1v) is 5.59. The van der Waals surface area contributed by atoms with Crippen LogP contribution < -0.4 is 10.2 Å². The second-order valence-corrected chi connectivity index (χ2v) is 3.67. The first kappa shape index (κ1) is 12.7. The van der Waals surface area contributed by atoms with E-state index in [1.54, 1.807) is 0 Å². The maximum Gasteiger partial charge on any atom is 0.134 e. The van der Waals surface area contributed by atoms with Crippen molar-refractivity contribution >= 4 is 11.6 Å². The number of aliphatic hydroxyl groups excluding tert-OH is 1. The highest BCUT2D eigenvalue weighted by atomic mass is 16.3. The number of aromatic nitrogens is 2. The normalized spacial score (nSPS) is 10.2. The van der Waals surface area contributed by atoms with Crippen LogP contribution in [0.5, 0.6) is 0 Å². The molecule has 0 atom stereocenters. The molecule has 0 aliphatic rings. The molecule has 1 rings (SSSR count). The quantitative estimate of drug-likeness (QED) is 0.751. The summed E-state index contributed by atoms with van der Waals surface area (Å²) >= 11 is 0. The van der Waals surface area contributed by atoms with Gasteiger partial charge in [-0.25, -0.2) is 9.97 Å². The molecule has 0 aliphatic carbocycles. The van der Waals surface area contributed by atoms with E-state index in [9.17, 15) is 0 Å². The zero-order valence-corrected chi connectivity index (χ0v) is 10.2. The second-order valence-electron chi connectivity index (χ2n) is 3.67. The fraction of sp³-hybridized carbons (Fsp3) is 0.636. The van der Waals surface area contributed by atoms with Crippen LogP contribution in [-0.4, -0.2) is 42.3 Å². The molecule has 5 heteroatoms. The minimum Gasteiger partial charge on any atom is -0.395 e. The molecule has 0 bridgehead atoms. The summed E-state index contributed by atoms with van der Waals surface area (Å²) in [5.41, 5.74) is 0. The number of rotatable bonds is 6. The van der Waals surface area contributed by atoms with Crippen molar-refractivity contribution in [2.45, 2.75) is 19.8 Å². The fourth-order valence-electron chi connectivity index (χ4n) is 1.41. The SMILES string of the molecule is CCCc1nc(NC)cc(N(C)CCO)n1. The Bertz CT molecular complexity index is 330. The van der Waals surface area contributed by atoms with Gasteiger partial charge in [0.1, 0.15) is 17.5 Å². The van der Waals surface area contributed by atoms with Gasteiger partial charge in [-0.05, 0) is 6.42 Å². The average Bonchev–Trinajstić information content (AvgIpc) is 2.29. The third-order valence-electron chi connectivity index (χ3n) is 2.32. The smallest absolute Gasteiger partial charge is 0.134 e. The van der Waals surface area contributed by atoms with Gasteiger partial charge in [0.25, 0.3) is 0 Å². The van der Waals surface area contributed by atoms with Gasteiger partial charge in [-0.1, -0.05) is 6.92 Å². The maximum absolute atomic E-state index is 8.90. The zero-order chi connectivity index (χ0) is 12.0. The summed E-state index contributed by atoms with van der Waals surface area (Å²) in [6.45, 7) is 2.80. The lowest BCUT2D eigenvalue weighted by molar-refractivity contribution is 0.304. The molecule has 0 unspecified atom stereocenters. The van der Waals surface area contributed by atoms with Gasteiger partial charge in [-0.2, -0.15) is 0 Å². The summed E-state index contributed by atoms with van der Waals surface area (Å²) in [5.74, 6) is 2.50. The molecule has 0 saturated carbocycles. The Hall–Kier alpha value is -1.36. The van der Waals surface area contributed by atoms with E-state index in [1.807, 2.05) is 25.1 Å². The molecule has 1 heterocycles. The van der Waals surface area contributed by atoms with E-state index in [0.717, 1.165) is 30.3 Å². The Balaban J connectivity index is 2.93. The Kier molecular flexibility index (Phi) is 4.98. The number of nitrogens with one attached hydrogen (secondary N) is 1. The minimum absolute atomic E-state index is 0.124. The molecule has 0 radical (unpaired) electrons. The van der Waals surface area contributed by atoms with Gasteiger partial charge in [-0.15, -0.1) is 0 Å². The first-order valence-electron chi connectivity index (χ1n) is 5.59. The van der Waals surface area contributed by atoms with E-state index in [-0.39, 0.29) is 6.61 Å². The molecule has 16 heavy (non-hydrogen) atoms. The van der Waals surface area contributed by atoms with Gasteiger partial charge < -0.3 is 15.3 Å². The second kappa shape index (κ2) is 6.27. The Morgan fingerprint density at radius 1 is 1.44 bits per heavy atom. The van der Waals surface area contributed by atoms with Gasteiger partial charge in [-0.3, -0.25) is 0 Å². The number of hydrogen-bond acceptors (Lipinski definition) is 5. The standard InChI is InChI=1S/C11H20N4O/c1-4-5-9-13-10(12-2)8-11(14-9)15(3)6-7-16/h8,16H,4-7H2,1-3H3,(H,12,13,14). The predicted molar refractivity (Wildman–Crippen MR) is 65.9 cm³/mol. The van der Waals surface area contributed by atoms with Crippen molar-refractivity contribution in [2.24, 2.45) is 0 Å². The summed E-state index contributed by atoms with van der Waals surface area (Å²) in [6.07, 6.45) is 1.89. The molecule has 1 aromatic heterocycles. The Morgan fingerprint density at radius 2 is 2.19 bits per heavy atom. The molecule has 1 aromatic rings. The highest BCUT2D eigenvalue weighted by Gasteiger charge is 2.06. The van der Waals surface area contributed by atoms with Crippen LogP contribution in [0.1, 0.15) is 19.2 Å². The number of hydrogen-bond donors (Lipinski definition) is 2. The van der Waals surface area contributed by atoms with Crippen molar-refractivity contribution in [1.29, 1.82) is 0 Å². The zero-order valence-electron chi connectivity index (χ0n) is 10.2. The summed E-state index contributed by atoms with van der Waals surface area (Å²) in [6, 6.07) is 1.88. The van der Waals surface area contributed by atoms with Gasteiger partial charge in [0.2, 0.25) is 0 Å². The van der Waals surface area contributed by atoms with Crippen LogP contribution in [0.3, 0.4) is 0 Å². The number of aryl methyl sites for hydroxylation is 1. The molecule has 0 spiro atoms. The van der Waals surface area contributed by atoms with Crippen molar-refractivity contribution in [3.63, 3.8) is 0 Å². The number of aliphatic hydroxyl groups is 1. The molecule has 0 aromatic carbocycles. The van der Waals surface area contributed by atoms with Crippen molar-refractivity contribution in [3.05, 3.63) is 11.9 Å². The van der Waals surface area contributed by atoms with E-state index in [0.29, 0.717) is 6.54 Å². The van der Waals surface area contributed by atoms with Gasteiger partial charge in [0.05, 0.1) is 6.61 Å². The predicted octanol–water partition coefficient (Wildman–Crippen LogP) is 0.899. The summed E-state index contributed by atoms with van der Waals surface area (Å²) in [4.78, 5) is 10.7. The first-order chi connectivity index (χ1) is 7.71. The van der Waals surface area contributed by atoms with E-state index in [1.165, 1.54) is 0 Å². The molecule has 0 saturated heterocycles. The maximum atomic E-state index is 8.90. The number of nitrogens with zero attached hydrogens (tertiary/aromatic N) is 3. The van der Waals surface area contributed by atoms with Crippen molar-refractivity contribution in [3.8, 4) is 0 Å². The molecule has 5 nitrogen and oxygen atoms in total. The van der Waals surface area contributed by atoms with Gasteiger partial charge >= 0.3 is 0 Å². The summed E-state index contributed by atoms with van der Waals surface area (Å²) < 4.78 is 0. The van der Waals surface area contributed by atoms with Crippen LogP contribution in [0.25, 0.3) is 0 Å². The van der Waals surface area contributed by atoms with Crippen molar-refractivity contribution in [2.75, 3.05) is 37.5 Å². The average molecular weight is 224 g/mol. The van der Waals surface area contributed by atoms with Gasteiger partial charge in [0.15, 0.2) is 0 Å². The lowest BCUT2D eigenvalue weighted by Gasteiger charge is -2.18. The van der Waals surface area contributed by atoms with E-state index in [4.69, 9.17) is 5.11 Å². The summed E-state index contributed by atoms with van der Waals surface area (Å²) in [5, 5.41) is 11.9. The third kappa shape index (κ3) is 3.34. The Labute approximate surface area is 96.5 Å². The molecule has 0 aliphatic heterocycles. The van der Waals surface area contributed by atoms with Crippen LogP contribution >= 0.6 is 0 Å². The van der Waals surface area contributed by atoms with Gasteiger partial charge in [0, 0.05) is 33.1 Å². The highest BCUT2D eigenvalue weighted by Crippen LogP contribution is 2.14. The topological polar surface area (TPSA) is 61.3 Å². The van der Waals surface area contributed by atoms with E-state index in [2.05, 4.69) is 22.2 Å². The van der Waals surface area contributed by atoms with Crippen LogP contribution in [0.4, 0.5) is 11.6 Å². The fourth-order valence-corrected chi connectivity index (χ4v) is 1.41. The van der Waals surface area contributed by atoms with Crippen LogP contribution in [0.15, 0.2) is 6.07 Å². The lowest BCUT2D eigenvalue weighted by atomic mass is 10.3. The van der Waals surface area contributed by atoms with Crippen molar-refractivity contribution < 1.29 is 5.11 Å². The van der Waals surface area contributed by atoms with Crippen LogP contribution in [-0.2, 0) is 6.42 Å². The molecule has 0 amide bonds. The molecular weight excluding hydrogens is 204 g/mol. The molecular formula is C11H20N4O. The van der Waals surface area contributed by atoms with Crippen LogP contribution in [0, 0.1) is 0 Å². The number of anilines is 2. The van der Waals surface area contributed by atoms with Crippen molar-refractivity contribution in [1.82, 2.24) is 9.97 Å². The third-order valence-corrected chi connectivity index (χ3v) is 2.32. The molecule has 0 fully saturated rings. The van der Waals surface area contributed by atoms with Crippen LogP contribution in [0.2, 0.25) is 0 Å². The summed E-state index contributed by atoms with van der Waals surface area (Å²) in [7, 11) is 3.75. The van der Waals surface area contributed by atoms with E-state index < -0.39 is 0 Å².